The van der Waals surface area contributed by atoms with E-state index in [1.54, 1.807) is 14.0 Å². The van der Waals surface area contributed by atoms with Crippen molar-refractivity contribution in [3.63, 3.8) is 0 Å². The largest absolute Gasteiger partial charge is 0.495 e. The van der Waals surface area contributed by atoms with Crippen molar-refractivity contribution in [2.45, 2.75) is 6.92 Å². The molecule has 0 unspecified atom stereocenters. The molecule has 1 heterocycles. The molecule has 0 atom stereocenters. The van der Waals surface area contributed by atoms with Crippen LogP contribution in [0.2, 0.25) is 0 Å². The number of hydrogen-bond acceptors (Lipinski definition) is 4. The number of rotatable bonds is 2. The summed E-state index contributed by atoms with van der Waals surface area (Å²) in [6.07, 6.45) is 0. The Morgan fingerprint density at radius 2 is 2.13 bits per heavy atom. The van der Waals surface area contributed by atoms with E-state index in [9.17, 15) is 0 Å². The van der Waals surface area contributed by atoms with Gasteiger partial charge >= 0.3 is 0 Å². The van der Waals surface area contributed by atoms with Crippen LogP contribution in [0.3, 0.4) is 0 Å². The Labute approximate surface area is 95.4 Å². The maximum Gasteiger partial charge on any atom is 0.251 e. The van der Waals surface area contributed by atoms with Crippen LogP contribution in [-0.2, 0) is 0 Å². The van der Waals surface area contributed by atoms with Gasteiger partial charge in [0.25, 0.3) is 5.89 Å². The highest BCUT2D eigenvalue weighted by atomic mass is 79.9. The minimum atomic E-state index is 0.464. The molecule has 5 heteroatoms. The molecule has 1 aromatic carbocycles. The summed E-state index contributed by atoms with van der Waals surface area (Å²) in [5.74, 6) is 1.69. The number of ether oxygens (including phenoxy) is 1. The number of aromatic nitrogens is 2. The number of methoxy groups -OCH3 is 1. The normalized spacial score (nSPS) is 10.3. The van der Waals surface area contributed by atoms with Gasteiger partial charge in [-0.3, -0.25) is 0 Å². The average molecular weight is 269 g/mol. The van der Waals surface area contributed by atoms with Crippen LogP contribution in [0.5, 0.6) is 5.75 Å². The number of benzene rings is 1. The van der Waals surface area contributed by atoms with Crippen molar-refractivity contribution in [2.24, 2.45) is 0 Å². The van der Waals surface area contributed by atoms with Crippen LogP contribution in [-0.4, -0.2) is 17.3 Å². The maximum atomic E-state index is 5.34. The van der Waals surface area contributed by atoms with Crippen LogP contribution in [0.15, 0.2) is 27.1 Å². The molecule has 4 nitrogen and oxygen atoms in total. The van der Waals surface area contributed by atoms with Crippen molar-refractivity contribution in [1.82, 2.24) is 10.2 Å². The lowest BCUT2D eigenvalue weighted by Crippen LogP contribution is -1.89. The van der Waals surface area contributed by atoms with Crippen molar-refractivity contribution in [3.05, 3.63) is 28.6 Å². The van der Waals surface area contributed by atoms with Gasteiger partial charge in [0.1, 0.15) is 5.75 Å². The Morgan fingerprint density at radius 1 is 1.33 bits per heavy atom. The van der Waals surface area contributed by atoms with Crippen molar-refractivity contribution >= 4 is 15.9 Å². The van der Waals surface area contributed by atoms with Crippen LogP contribution in [0.25, 0.3) is 11.5 Å². The molecule has 0 aliphatic heterocycles. The van der Waals surface area contributed by atoms with E-state index in [4.69, 9.17) is 9.15 Å². The highest BCUT2D eigenvalue weighted by molar-refractivity contribution is 9.10. The third kappa shape index (κ3) is 1.87. The summed E-state index contributed by atoms with van der Waals surface area (Å²) in [4.78, 5) is 0. The van der Waals surface area contributed by atoms with E-state index in [0.717, 1.165) is 10.0 Å². The van der Waals surface area contributed by atoms with Crippen LogP contribution < -0.4 is 4.74 Å². The summed E-state index contributed by atoms with van der Waals surface area (Å²) < 4.78 is 11.5. The van der Waals surface area contributed by atoms with Gasteiger partial charge in [0.05, 0.1) is 17.1 Å². The fourth-order valence-corrected chi connectivity index (χ4v) is 1.82. The maximum absolute atomic E-state index is 5.34. The first-order valence-corrected chi connectivity index (χ1v) is 5.14. The molecule has 2 rings (SSSR count). The lowest BCUT2D eigenvalue weighted by Gasteiger charge is -2.06. The molecule has 0 radical (unpaired) electrons. The lowest BCUT2D eigenvalue weighted by atomic mass is 10.2. The number of halogens is 1. The van der Waals surface area contributed by atoms with Crippen LogP contribution in [0.1, 0.15) is 5.89 Å². The van der Waals surface area contributed by atoms with Crippen molar-refractivity contribution < 1.29 is 9.15 Å². The predicted molar refractivity (Wildman–Crippen MR) is 58.7 cm³/mol. The molecular weight excluding hydrogens is 260 g/mol. The van der Waals surface area contributed by atoms with Crippen molar-refractivity contribution in [1.29, 1.82) is 0 Å². The van der Waals surface area contributed by atoms with Crippen molar-refractivity contribution in [3.8, 4) is 17.2 Å². The smallest absolute Gasteiger partial charge is 0.251 e. The zero-order valence-corrected chi connectivity index (χ0v) is 9.91. The van der Waals surface area contributed by atoms with Crippen LogP contribution in [0.4, 0.5) is 0 Å². The van der Waals surface area contributed by atoms with E-state index in [1.807, 2.05) is 18.2 Å². The molecule has 0 aliphatic carbocycles. The first kappa shape index (κ1) is 10.2. The third-order valence-electron chi connectivity index (χ3n) is 1.93. The standard InChI is InChI=1S/C10H9BrN2O2/c1-6-12-13-10(15-6)7-4-3-5-8(11)9(7)14-2/h3-5H,1-2H3. The molecule has 0 aliphatic rings. The third-order valence-corrected chi connectivity index (χ3v) is 2.55. The van der Waals surface area contributed by atoms with Gasteiger partial charge in [-0.2, -0.15) is 0 Å². The number of aryl methyl sites for hydroxylation is 1. The van der Waals surface area contributed by atoms with Gasteiger partial charge in [0, 0.05) is 6.92 Å². The molecule has 0 saturated carbocycles. The Kier molecular flexibility index (Phi) is 2.73. The summed E-state index contributed by atoms with van der Waals surface area (Å²) in [6, 6.07) is 5.66. The molecule has 15 heavy (non-hydrogen) atoms. The topological polar surface area (TPSA) is 48.2 Å². The van der Waals surface area contributed by atoms with E-state index in [0.29, 0.717) is 17.5 Å². The average Bonchev–Trinajstić information content (AvgIpc) is 2.64. The van der Waals surface area contributed by atoms with Crippen LogP contribution >= 0.6 is 15.9 Å². The second-order valence-corrected chi connectivity index (χ2v) is 3.80. The van der Waals surface area contributed by atoms with Gasteiger partial charge in [0.15, 0.2) is 0 Å². The number of hydrogen-bond donors (Lipinski definition) is 0. The second-order valence-electron chi connectivity index (χ2n) is 2.95. The monoisotopic (exact) mass is 268 g/mol. The molecule has 1 aromatic heterocycles. The second kappa shape index (κ2) is 4.02. The van der Waals surface area contributed by atoms with Gasteiger partial charge < -0.3 is 9.15 Å². The molecule has 0 N–H and O–H groups in total. The lowest BCUT2D eigenvalue weighted by molar-refractivity contribution is 0.411. The molecule has 2 aromatic rings. The summed E-state index contributed by atoms with van der Waals surface area (Å²) in [5.41, 5.74) is 0.785. The van der Waals surface area contributed by atoms with Gasteiger partial charge in [-0.15, -0.1) is 10.2 Å². The Bertz CT molecular complexity index is 482. The molecule has 0 bridgehead atoms. The van der Waals surface area contributed by atoms with E-state index < -0.39 is 0 Å². The van der Waals surface area contributed by atoms with E-state index in [2.05, 4.69) is 26.1 Å². The summed E-state index contributed by atoms with van der Waals surface area (Å²) in [6.45, 7) is 1.75. The van der Waals surface area contributed by atoms with E-state index in [1.165, 1.54) is 0 Å². The molecular formula is C10H9BrN2O2. The summed E-state index contributed by atoms with van der Waals surface area (Å²) in [5, 5.41) is 7.73. The molecule has 0 amide bonds. The minimum Gasteiger partial charge on any atom is -0.495 e. The van der Waals surface area contributed by atoms with Gasteiger partial charge in [-0.1, -0.05) is 6.07 Å². The first-order valence-electron chi connectivity index (χ1n) is 4.35. The highest BCUT2D eigenvalue weighted by Crippen LogP contribution is 2.35. The quantitative estimate of drug-likeness (QED) is 0.841. The van der Waals surface area contributed by atoms with E-state index >= 15 is 0 Å². The van der Waals surface area contributed by atoms with Gasteiger partial charge in [-0.25, -0.2) is 0 Å². The summed E-state index contributed by atoms with van der Waals surface area (Å²) >= 11 is 3.40. The first-order chi connectivity index (χ1) is 7.22. The zero-order chi connectivity index (χ0) is 10.8. The zero-order valence-electron chi connectivity index (χ0n) is 8.32. The molecule has 0 saturated heterocycles. The fourth-order valence-electron chi connectivity index (χ4n) is 1.29. The number of nitrogens with zero attached hydrogens (tertiary/aromatic N) is 2. The van der Waals surface area contributed by atoms with Crippen LogP contribution in [0, 0.1) is 6.92 Å². The Balaban J connectivity index is 2.57. The van der Waals surface area contributed by atoms with Gasteiger partial charge in [0.2, 0.25) is 5.89 Å². The minimum absolute atomic E-state index is 0.464. The fraction of sp³-hybridized carbons (Fsp3) is 0.200. The Morgan fingerprint density at radius 3 is 2.73 bits per heavy atom. The van der Waals surface area contributed by atoms with Crippen molar-refractivity contribution in [2.75, 3.05) is 7.11 Å². The van der Waals surface area contributed by atoms with Gasteiger partial charge in [-0.05, 0) is 28.1 Å². The SMILES string of the molecule is COc1c(Br)cccc1-c1nnc(C)o1. The molecule has 78 valence electrons. The number of para-hydroxylation sites is 1. The predicted octanol–water partition coefficient (Wildman–Crippen LogP) is 2.82. The molecule has 0 fully saturated rings. The van der Waals surface area contributed by atoms with E-state index in [-0.39, 0.29) is 0 Å². The highest BCUT2D eigenvalue weighted by Gasteiger charge is 2.13. The Hall–Kier alpha value is -1.36. The molecule has 0 spiro atoms. The summed E-state index contributed by atoms with van der Waals surface area (Å²) in [7, 11) is 1.60.